The molecule has 0 aliphatic heterocycles. The quantitative estimate of drug-likeness (QED) is 0.368. The van der Waals surface area contributed by atoms with Crippen LogP contribution in [0.2, 0.25) is 0 Å². The molecule has 0 fully saturated rings. The molecule has 2 unspecified atom stereocenters. The molecule has 2 nitrogen and oxygen atoms in total. The van der Waals surface area contributed by atoms with E-state index < -0.39 is 0 Å². The summed E-state index contributed by atoms with van der Waals surface area (Å²) in [5.74, 6) is 1.20. The van der Waals surface area contributed by atoms with E-state index in [0.717, 1.165) is 11.1 Å². The van der Waals surface area contributed by atoms with Crippen molar-refractivity contribution in [3.05, 3.63) is 131 Å². The van der Waals surface area contributed by atoms with Crippen molar-refractivity contribution in [2.75, 3.05) is 0 Å². The van der Waals surface area contributed by atoms with Gasteiger partial charge in [-0.1, -0.05) is 110 Å². The standard InChI is InChI=1S/C15H16O.C14H14O/c1-11-8-9-15(16)14(10-11)12(2)13-6-4-3-5-7-13;1-11(12-7-3-2-4-8-12)13-9-5-6-10-14(13)15/h3-10,12,16H,1-2H3;2-11,15H,1H3. The van der Waals surface area contributed by atoms with Crippen LogP contribution in [0.5, 0.6) is 11.5 Å². The van der Waals surface area contributed by atoms with Crippen LogP contribution in [0.4, 0.5) is 0 Å². The summed E-state index contributed by atoms with van der Waals surface area (Å²) in [6.45, 7) is 6.26. The first-order chi connectivity index (χ1) is 15.0. The number of phenolic OH excluding ortho intramolecular Hbond substituents is 2. The molecule has 0 aromatic heterocycles. The summed E-state index contributed by atoms with van der Waals surface area (Å²) in [6, 6.07) is 33.7. The van der Waals surface area contributed by atoms with E-state index in [2.05, 4.69) is 38.1 Å². The van der Waals surface area contributed by atoms with Gasteiger partial charge >= 0.3 is 0 Å². The highest BCUT2D eigenvalue weighted by Crippen LogP contribution is 2.31. The van der Waals surface area contributed by atoms with Gasteiger partial charge in [-0.2, -0.15) is 0 Å². The zero-order valence-corrected chi connectivity index (χ0v) is 18.4. The fourth-order valence-electron chi connectivity index (χ4n) is 3.72. The Morgan fingerprint density at radius 2 is 0.968 bits per heavy atom. The molecule has 0 heterocycles. The van der Waals surface area contributed by atoms with E-state index in [-0.39, 0.29) is 11.8 Å². The van der Waals surface area contributed by atoms with Gasteiger partial charge in [-0.15, -0.1) is 0 Å². The van der Waals surface area contributed by atoms with Gasteiger partial charge < -0.3 is 10.2 Å². The zero-order chi connectivity index (χ0) is 22.2. The Hall–Kier alpha value is -3.52. The predicted octanol–water partition coefficient (Wildman–Crippen LogP) is 7.40. The third-order valence-electron chi connectivity index (χ3n) is 5.65. The second kappa shape index (κ2) is 10.5. The van der Waals surface area contributed by atoms with Crippen LogP contribution in [-0.4, -0.2) is 10.2 Å². The van der Waals surface area contributed by atoms with Crippen LogP contribution in [0.25, 0.3) is 0 Å². The van der Waals surface area contributed by atoms with Gasteiger partial charge in [0.2, 0.25) is 0 Å². The second-order valence-electron chi connectivity index (χ2n) is 7.89. The lowest BCUT2D eigenvalue weighted by Crippen LogP contribution is -1.96. The molecule has 4 aromatic rings. The smallest absolute Gasteiger partial charge is 0.119 e. The lowest BCUT2D eigenvalue weighted by molar-refractivity contribution is 0.465. The summed E-state index contributed by atoms with van der Waals surface area (Å²) < 4.78 is 0. The molecule has 0 aliphatic carbocycles. The first-order valence-corrected chi connectivity index (χ1v) is 10.6. The summed E-state index contributed by atoms with van der Waals surface area (Å²) in [4.78, 5) is 0. The van der Waals surface area contributed by atoms with E-state index in [1.807, 2.05) is 73.7 Å². The number of aromatic hydroxyl groups is 2. The Labute approximate surface area is 185 Å². The van der Waals surface area contributed by atoms with Crippen LogP contribution in [0, 0.1) is 6.92 Å². The Morgan fingerprint density at radius 1 is 0.516 bits per heavy atom. The van der Waals surface area contributed by atoms with E-state index in [1.54, 1.807) is 12.1 Å². The monoisotopic (exact) mass is 410 g/mol. The molecule has 0 amide bonds. The molecule has 0 aliphatic rings. The number of aryl methyl sites for hydroxylation is 1. The first kappa shape index (κ1) is 22.2. The largest absolute Gasteiger partial charge is 0.508 e. The topological polar surface area (TPSA) is 40.5 Å². The average Bonchev–Trinajstić information content (AvgIpc) is 2.81. The van der Waals surface area contributed by atoms with Crippen LogP contribution in [-0.2, 0) is 0 Å². The molecule has 158 valence electrons. The molecule has 31 heavy (non-hydrogen) atoms. The molecular weight excluding hydrogens is 380 g/mol. The molecule has 4 aromatic carbocycles. The van der Waals surface area contributed by atoms with Gasteiger partial charge in [-0.3, -0.25) is 0 Å². The van der Waals surface area contributed by atoms with Crippen molar-refractivity contribution in [3.8, 4) is 11.5 Å². The lowest BCUT2D eigenvalue weighted by Gasteiger charge is -2.14. The number of hydrogen-bond acceptors (Lipinski definition) is 2. The number of benzene rings is 4. The Morgan fingerprint density at radius 3 is 1.52 bits per heavy atom. The van der Waals surface area contributed by atoms with Crippen molar-refractivity contribution in [1.82, 2.24) is 0 Å². The molecule has 2 N–H and O–H groups in total. The maximum atomic E-state index is 9.87. The maximum Gasteiger partial charge on any atom is 0.119 e. The highest BCUT2D eigenvalue weighted by molar-refractivity contribution is 5.43. The minimum atomic E-state index is 0.223. The lowest BCUT2D eigenvalue weighted by atomic mass is 9.91. The number of phenols is 2. The highest BCUT2D eigenvalue weighted by Gasteiger charge is 2.12. The van der Waals surface area contributed by atoms with Crippen molar-refractivity contribution in [2.24, 2.45) is 0 Å². The van der Waals surface area contributed by atoms with Crippen molar-refractivity contribution in [2.45, 2.75) is 32.6 Å². The summed E-state index contributed by atoms with van der Waals surface area (Å²) >= 11 is 0. The summed E-state index contributed by atoms with van der Waals surface area (Å²) in [5, 5.41) is 19.6. The summed E-state index contributed by atoms with van der Waals surface area (Å²) in [7, 11) is 0. The molecule has 2 heteroatoms. The predicted molar refractivity (Wildman–Crippen MR) is 129 cm³/mol. The molecular formula is C29H30O2. The van der Waals surface area contributed by atoms with Crippen LogP contribution in [0.15, 0.2) is 103 Å². The van der Waals surface area contributed by atoms with Gasteiger partial charge in [0.25, 0.3) is 0 Å². The second-order valence-corrected chi connectivity index (χ2v) is 7.89. The molecule has 0 saturated heterocycles. The van der Waals surface area contributed by atoms with Gasteiger partial charge in [0, 0.05) is 23.0 Å². The minimum absolute atomic E-state index is 0.223. The zero-order valence-electron chi connectivity index (χ0n) is 18.4. The van der Waals surface area contributed by atoms with E-state index in [1.165, 1.54) is 16.7 Å². The van der Waals surface area contributed by atoms with Crippen molar-refractivity contribution in [1.29, 1.82) is 0 Å². The van der Waals surface area contributed by atoms with Crippen molar-refractivity contribution >= 4 is 0 Å². The van der Waals surface area contributed by atoms with Crippen LogP contribution < -0.4 is 0 Å². The molecule has 0 bridgehead atoms. The molecule has 2 atom stereocenters. The van der Waals surface area contributed by atoms with E-state index in [0.29, 0.717) is 11.5 Å². The minimum Gasteiger partial charge on any atom is -0.508 e. The normalized spacial score (nSPS) is 12.4. The van der Waals surface area contributed by atoms with E-state index in [4.69, 9.17) is 0 Å². The van der Waals surface area contributed by atoms with Crippen molar-refractivity contribution < 1.29 is 10.2 Å². The van der Waals surface area contributed by atoms with E-state index in [9.17, 15) is 10.2 Å². The number of para-hydroxylation sites is 1. The maximum absolute atomic E-state index is 9.87. The SMILES string of the molecule is CC(c1ccccc1)c1ccccc1O.Cc1ccc(O)c(C(C)c2ccccc2)c1. The van der Waals surface area contributed by atoms with Gasteiger partial charge in [0.15, 0.2) is 0 Å². The molecule has 0 saturated carbocycles. The highest BCUT2D eigenvalue weighted by atomic mass is 16.3. The first-order valence-electron chi connectivity index (χ1n) is 10.6. The third kappa shape index (κ3) is 5.76. The number of hydrogen-bond donors (Lipinski definition) is 2. The van der Waals surface area contributed by atoms with Crippen LogP contribution in [0.1, 0.15) is 53.5 Å². The van der Waals surface area contributed by atoms with Crippen LogP contribution in [0.3, 0.4) is 0 Å². The third-order valence-corrected chi connectivity index (χ3v) is 5.65. The fourth-order valence-corrected chi connectivity index (χ4v) is 3.72. The summed E-state index contributed by atoms with van der Waals surface area (Å²) in [5.41, 5.74) is 5.59. The average molecular weight is 411 g/mol. The fraction of sp³-hybridized carbons (Fsp3) is 0.172. The Kier molecular flexibility index (Phi) is 7.50. The van der Waals surface area contributed by atoms with E-state index >= 15 is 0 Å². The van der Waals surface area contributed by atoms with Gasteiger partial charge in [-0.25, -0.2) is 0 Å². The molecule has 0 spiro atoms. The molecule has 0 radical (unpaired) electrons. The Balaban J connectivity index is 0.000000176. The Bertz CT molecular complexity index is 1090. The van der Waals surface area contributed by atoms with Gasteiger partial charge in [0.05, 0.1) is 0 Å². The number of rotatable bonds is 4. The van der Waals surface area contributed by atoms with Gasteiger partial charge in [0.1, 0.15) is 11.5 Å². The van der Waals surface area contributed by atoms with Crippen molar-refractivity contribution in [3.63, 3.8) is 0 Å². The van der Waals surface area contributed by atoms with Gasteiger partial charge in [-0.05, 0) is 30.2 Å². The molecule has 4 rings (SSSR count). The van der Waals surface area contributed by atoms with Crippen LogP contribution >= 0.6 is 0 Å². The summed E-state index contributed by atoms with van der Waals surface area (Å²) in [6.07, 6.45) is 0.